The third kappa shape index (κ3) is 4.85. The molecule has 0 aliphatic heterocycles. The lowest BCUT2D eigenvalue weighted by Gasteiger charge is -2.07. The number of carbonyl (C=O) groups excluding carboxylic acids is 1. The van der Waals surface area contributed by atoms with Crippen LogP contribution in [0, 0.1) is 18.3 Å². The lowest BCUT2D eigenvalue weighted by molar-refractivity contribution is -0.112. The molecule has 0 aliphatic rings. The van der Waals surface area contributed by atoms with Crippen LogP contribution in [0.3, 0.4) is 0 Å². The fraction of sp³-hybridized carbons (Fsp3) is 0.0588. The van der Waals surface area contributed by atoms with Crippen LogP contribution in [0.2, 0.25) is 5.02 Å². The third-order valence-electron chi connectivity index (χ3n) is 3.02. The smallest absolute Gasteiger partial charge is 0.267 e. The predicted molar refractivity (Wildman–Crippen MR) is 96.3 cm³/mol. The minimum Gasteiger partial charge on any atom is -0.360 e. The molecular formula is C17H13BrClN3O. The van der Waals surface area contributed by atoms with Crippen molar-refractivity contribution in [3.8, 4) is 6.07 Å². The molecule has 0 heterocycles. The second kappa shape index (κ2) is 7.82. The average Bonchev–Trinajstić information content (AvgIpc) is 2.53. The van der Waals surface area contributed by atoms with Gasteiger partial charge in [-0.2, -0.15) is 5.26 Å². The Morgan fingerprint density at radius 1 is 1.22 bits per heavy atom. The van der Waals surface area contributed by atoms with Crippen molar-refractivity contribution in [1.82, 2.24) is 0 Å². The number of hydrogen-bond acceptors (Lipinski definition) is 3. The van der Waals surface area contributed by atoms with Gasteiger partial charge >= 0.3 is 0 Å². The maximum absolute atomic E-state index is 12.1. The third-order valence-corrected chi connectivity index (χ3v) is 3.96. The summed E-state index contributed by atoms with van der Waals surface area (Å²) in [6.45, 7) is 1.87. The molecular weight excluding hydrogens is 378 g/mol. The van der Waals surface area contributed by atoms with E-state index in [1.807, 2.05) is 37.3 Å². The van der Waals surface area contributed by atoms with Crippen molar-refractivity contribution in [1.29, 1.82) is 5.26 Å². The summed E-state index contributed by atoms with van der Waals surface area (Å²) in [5, 5.41) is 15.3. The van der Waals surface area contributed by atoms with Gasteiger partial charge in [0, 0.05) is 27.1 Å². The van der Waals surface area contributed by atoms with Crippen molar-refractivity contribution in [3.63, 3.8) is 0 Å². The van der Waals surface area contributed by atoms with Crippen LogP contribution in [0.25, 0.3) is 0 Å². The number of hydrogen-bond donors (Lipinski definition) is 2. The maximum Gasteiger partial charge on any atom is 0.267 e. The Hall–Kier alpha value is -2.29. The molecule has 0 aliphatic carbocycles. The molecule has 116 valence electrons. The Balaban J connectivity index is 2.08. The van der Waals surface area contributed by atoms with E-state index in [0.717, 1.165) is 15.7 Å². The summed E-state index contributed by atoms with van der Waals surface area (Å²) in [7, 11) is 0. The van der Waals surface area contributed by atoms with Crippen molar-refractivity contribution in [2.24, 2.45) is 0 Å². The van der Waals surface area contributed by atoms with E-state index in [4.69, 9.17) is 16.9 Å². The Kier molecular flexibility index (Phi) is 5.80. The van der Waals surface area contributed by atoms with Gasteiger partial charge in [-0.3, -0.25) is 4.79 Å². The summed E-state index contributed by atoms with van der Waals surface area (Å²) in [6.07, 6.45) is 1.37. The van der Waals surface area contributed by atoms with Crippen molar-refractivity contribution >= 4 is 44.8 Å². The van der Waals surface area contributed by atoms with Crippen LogP contribution in [0.5, 0.6) is 0 Å². The van der Waals surface area contributed by atoms with Gasteiger partial charge < -0.3 is 10.6 Å². The summed E-state index contributed by atoms with van der Waals surface area (Å²) in [6, 6.07) is 14.4. The Morgan fingerprint density at radius 2 is 1.87 bits per heavy atom. The van der Waals surface area contributed by atoms with Crippen LogP contribution in [0.15, 0.2) is 58.7 Å². The van der Waals surface area contributed by atoms with E-state index < -0.39 is 5.91 Å². The van der Waals surface area contributed by atoms with Crippen LogP contribution in [0.1, 0.15) is 5.56 Å². The van der Waals surface area contributed by atoms with Gasteiger partial charge in [0.15, 0.2) is 0 Å². The summed E-state index contributed by atoms with van der Waals surface area (Å²) in [5.74, 6) is -0.503. The number of amides is 1. The molecule has 0 aromatic heterocycles. The van der Waals surface area contributed by atoms with Crippen LogP contribution in [-0.4, -0.2) is 5.91 Å². The van der Waals surface area contributed by atoms with E-state index >= 15 is 0 Å². The molecule has 2 aromatic rings. The maximum atomic E-state index is 12.1. The van der Waals surface area contributed by atoms with E-state index in [0.29, 0.717) is 10.7 Å². The SMILES string of the molecule is Cc1ccc(NC(=O)/C(C#N)=C\Nc2ccc(Br)cc2)cc1Cl. The van der Waals surface area contributed by atoms with Crippen molar-refractivity contribution in [3.05, 3.63) is 69.3 Å². The highest BCUT2D eigenvalue weighted by Crippen LogP contribution is 2.20. The Bertz CT molecular complexity index is 794. The molecule has 0 saturated heterocycles. The lowest BCUT2D eigenvalue weighted by atomic mass is 10.2. The van der Waals surface area contributed by atoms with E-state index in [9.17, 15) is 4.79 Å². The highest BCUT2D eigenvalue weighted by Gasteiger charge is 2.10. The number of carbonyl (C=O) groups is 1. The van der Waals surface area contributed by atoms with Gasteiger partial charge in [0.25, 0.3) is 5.91 Å². The Labute approximate surface area is 147 Å². The molecule has 0 radical (unpaired) electrons. The van der Waals surface area contributed by atoms with E-state index in [2.05, 4.69) is 26.6 Å². The van der Waals surface area contributed by atoms with Gasteiger partial charge in [-0.05, 0) is 48.9 Å². The molecule has 0 unspecified atom stereocenters. The normalized spacial score (nSPS) is 10.8. The number of halogens is 2. The first-order valence-corrected chi connectivity index (χ1v) is 7.86. The highest BCUT2D eigenvalue weighted by atomic mass is 79.9. The first kappa shape index (κ1) is 17.1. The molecule has 2 N–H and O–H groups in total. The number of benzene rings is 2. The van der Waals surface area contributed by atoms with Gasteiger partial charge in [-0.1, -0.05) is 33.6 Å². The number of nitrogens with zero attached hydrogens (tertiary/aromatic N) is 1. The van der Waals surface area contributed by atoms with Crippen LogP contribution < -0.4 is 10.6 Å². The summed E-state index contributed by atoms with van der Waals surface area (Å²) >= 11 is 9.36. The molecule has 0 saturated carbocycles. The van der Waals surface area contributed by atoms with Crippen molar-refractivity contribution in [2.75, 3.05) is 10.6 Å². The first-order valence-electron chi connectivity index (χ1n) is 6.69. The molecule has 2 rings (SSSR count). The van der Waals surface area contributed by atoms with E-state index in [1.54, 1.807) is 18.2 Å². The number of nitriles is 1. The molecule has 0 spiro atoms. The molecule has 0 fully saturated rings. The quantitative estimate of drug-likeness (QED) is 0.578. The van der Waals surface area contributed by atoms with Crippen molar-refractivity contribution in [2.45, 2.75) is 6.92 Å². The molecule has 0 atom stereocenters. The number of aryl methyl sites for hydroxylation is 1. The molecule has 2 aromatic carbocycles. The summed E-state index contributed by atoms with van der Waals surface area (Å²) in [4.78, 5) is 12.1. The van der Waals surface area contributed by atoms with Crippen LogP contribution in [0.4, 0.5) is 11.4 Å². The predicted octanol–water partition coefficient (Wildman–Crippen LogP) is 4.87. The molecule has 23 heavy (non-hydrogen) atoms. The van der Waals surface area contributed by atoms with Crippen LogP contribution in [-0.2, 0) is 4.79 Å². The number of anilines is 2. The summed E-state index contributed by atoms with van der Waals surface area (Å²) in [5.41, 5.74) is 2.18. The van der Waals surface area contributed by atoms with Gasteiger partial charge in [0.1, 0.15) is 11.6 Å². The number of nitrogens with one attached hydrogen (secondary N) is 2. The lowest BCUT2D eigenvalue weighted by Crippen LogP contribution is -2.14. The minimum absolute atomic E-state index is 0.0374. The van der Waals surface area contributed by atoms with Crippen LogP contribution >= 0.6 is 27.5 Å². The zero-order valence-electron chi connectivity index (χ0n) is 12.2. The topological polar surface area (TPSA) is 64.9 Å². The first-order chi connectivity index (χ1) is 11.0. The fourth-order valence-corrected chi connectivity index (χ4v) is 2.16. The van der Waals surface area contributed by atoms with Crippen molar-refractivity contribution < 1.29 is 4.79 Å². The minimum atomic E-state index is -0.503. The zero-order valence-corrected chi connectivity index (χ0v) is 14.6. The molecule has 6 heteroatoms. The molecule has 1 amide bonds. The second-order valence-electron chi connectivity index (χ2n) is 4.74. The highest BCUT2D eigenvalue weighted by molar-refractivity contribution is 9.10. The zero-order chi connectivity index (χ0) is 16.8. The van der Waals surface area contributed by atoms with Gasteiger partial charge in [0.05, 0.1) is 0 Å². The fourth-order valence-electron chi connectivity index (χ4n) is 1.72. The molecule has 0 bridgehead atoms. The van der Waals surface area contributed by atoms with Gasteiger partial charge in [0.2, 0.25) is 0 Å². The van der Waals surface area contributed by atoms with Gasteiger partial charge in [-0.25, -0.2) is 0 Å². The average molecular weight is 391 g/mol. The molecule has 4 nitrogen and oxygen atoms in total. The monoisotopic (exact) mass is 389 g/mol. The summed E-state index contributed by atoms with van der Waals surface area (Å²) < 4.78 is 0.946. The van der Waals surface area contributed by atoms with Gasteiger partial charge in [-0.15, -0.1) is 0 Å². The second-order valence-corrected chi connectivity index (χ2v) is 6.06. The standard InChI is InChI=1S/C17H13BrClN3O/c1-11-2-5-15(8-16(11)19)22-17(23)12(9-20)10-21-14-6-3-13(18)4-7-14/h2-8,10,21H,1H3,(H,22,23)/b12-10-. The Morgan fingerprint density at radius 3 is 2.48 bits per heavy atom. The van der Waals surface area contributed by atoms with E-state index in [1.165, 1.54) is 6.20 Å². The van der Waals surface area contributed by atoms with E-state index in [-0.39, 0.29) is 5.57 Å². The largest absolute Gasteiger partial charge is 0.360 e. The number of rotatable bonds is 4.